The number of hydrogen-bond donors (Lipinski definition) is 1. The molecule has 0 bridgehead atoms. The van der Waals surface area contributed by atoms with Crippen molar-refractivity contribution in [1.29, 1.82) is 0 Å². The second-order valence-corrected chi connectivity index (χ2v) is 8.60. The Hall–Kier alpha value is -2.26. The van der Waals surface area contributed by atoms with Crippen molar-refractivity contribution in [3.05, 3.63) is 29.8 Å². The average molecular weight is 396 g/mol. The highest BCUT2D eigenvalue weighted by Crippen LogP contribution is 2.25. The first-order valence-electron chi connectivity index (χ1n) is 8.71. The molecule has 0 atom stereocenters. The molecule has 148 valence electrons. The quantitative estimate of drug-likeness (QED) is 0.694. The summed E-state index contributed by atoms with van der Waals surface area (Å²) in [5.41, 5.74) is 0.447. The maximum absolute atomic E-state index is 12.7. The number of rotatable bonds is 7. The van der Waals surface area contributed by atoms with Crippen LogP contribution in [0, 0.1) is 5.92 Å². The van der Waals surface area contributed by atoms with E-state index in [0.717, 1.165) is 0 Å². The van der Waals surface area contributed by atoms with Crippen LogP contribution in [0.2, 0.25) is 0 Å². The first-order valence-corrected chi connectivity index (χ1v) is 10.1. The number of nitrogens with zero attached hydrogens (tertiary/aromatic N) is 2. The lowest BCUT2D eigenvalue weighted by Crippen LogP contribution is -2.43. The van der Waals surface area contributed by atoms with E-state index in [1.165, 1.54) is 40.4 Å². The smallest absolute Gasteiger partial charge is 0.305 e. The summed E-state index contributed by atoms with van der Waals surface area (Å²) in [6.45, 7) is 1.99. The number of piperidine rings is 1. The fourth-order valence-corrected chi connectivity index (χ4v) is 4.51. The molecular weight excluding hydrogens is 372 g/mol. The van der Waals surface area contributed by atoms with Gasteiger partial charge >= 0.3 is 5.97 Å². The average Bonchev–Trinajstić information content (AvgIpc) is 2.65. The van der Waals surface area contributed by atoms with Crippen LogP contribution in [-0.2, 0) is 19.6 Å². The van der Waals surface area contributed by atoms with E-state index < -0.39 is 16.0 Å². The lowest BCUT2D eigenvalue weighted by atomic mass is 9.96. The van der Waals surface area contributed by atoms with Gasteiger partial charge in [-0.25, -0.2) is 8.42 Å². The lowest BCUT2D eigenvalue weighted by molar-refractivity contribution is -0.139. The van der Waals surface area contributed by atoms with E-state index in [1.54, 1.807) is 7.05 Å². The molecule has 0 radical (unpaired) electrons. The highest BCUT2D eigenvalue weighted by atomic mass is 32.2. The molecule has 1 heterocycles. The van der Waals surface area contributed by atoms with E-state index in [0.29, 0.717) is 18.4 Å². The number of amides is 1. The molecule has 1 aromatic rings. The van der Waals surface area contributed by atoms with Crippen molar-refractivity contribution in [1.82, 2.24) is 9.21 Å². The number of carbonyl (C=O) groups excluding carboxylic acids is 2. The van der Waals surface area contributed by atoms with Gasteiger partial charge in [-0.05, 0) is 31.9 Å². The second kappa shape index (κ2) is 8.62. The molecule has 0 aromatic heterocycles. The fraction of sp³-hybridized carbons (Fsp3) is 0.500. The minimum Gasteiger partial charge on any atom is -0.481 e. The van der Waals surface area contributed by atoms with Crippen LogP contribution in [0.1, 0.15) is 36.5 Å². The Bertz CT molecular complexity index is 811. The van der Waals surface area contributed by atoms with E-state index >= 15 is 0 Å². The summed E-state index contributed by atoms with van der Waals surface area (Å²) >= 11 is 0. The van der Waals surface area contributed by atoms with Crippen LogP contribution in [0.3, 0.4) is 0 Å². The molecule has 0 unspecified atom stereocenters. The van der Waals surface area contributed by atoms with Crippen molar-refractivity contribution in [3.8, 4) is 0 Å². The lowest BCUT2D eigenvalue weighted by Gasteiger charge is -2.32. The van der Waals surface area contributed by atoms with Crippen molar-refractivity contribution < 1.29 is 27.9 Å². The summed E-state index contributed by atoms with van der Waals surface area (Å²) in [7, 11) is -2.12. The molecule has 1 aliphatic heterocycles. The van der Waals surface area contributed by atoms with Crippen molar-refractivity contribution in [2.24, 2.45) is 5.92 Å². The number of ketones is 1. The summed E-state index contributed by atoms with van der Waals surface area (Å²) in [5, 5.41) is 8.70. The van der Waals surface area contributed by atoms with Gasteiger partial charge in [-0.15, -0.1) is 0 Å². The Morgan fingerprint density at radius 2 is 1.70 bits per heavy atom. The SMILES string of the molecule is CC(=O)c1ccc(S(=O)(=O)N2CCC(C(=O)N(C)CCC(=O)O)CC2)cc1. The highest BCUT2D eigenvalue weighted by molar-refractivity contribution is 7.89. The highest BCUT2D eigenvalue weighted by Gasteiger charge is 2.33. The van der Waals surface area contributed by atoms with Gasteiger partial charge in [0, 0.05) is 38.2 Å². The minimum absolute atomic E-state index is 0.119. The number of aliphatic carboxylic acids is 1. The number of carboxylic acid groups (broad SMARTS) is 1. The number of carboxylic acids is 1. The first-order chi connectivity index (χ1) is 12.6. The molecule has 0 spiro atoms. The van der Waals surface area contributed by atoms with Crippen LogP contribution in [0.4, 0.5) is 0 Å². The van der Waals surface area contributed by atoms with Gasteiger partial charge in [-0.2, -0.15) is 4.31 Å². The Balaban J connectivity index is 1.98. The largest absolute Gasteiger partial charge is 0.481 e. The Morgan fingerprint density at radius 3 is 2.19 bits per heavy atom. The zero-order valence-corrected chi connectivity index (χ0v) is 16.2. The van der Waals surface area contributed by atoms with Gasteiger partial charge in [0.2, 0.25) is 15.9 Å². The summed E-state index contributed by atoms with van der Waals surface area (Å²) in [6, 6.07) is 5.82. The van der Waals surface area contributed by atoms with Crippen LogP contribution in [0.5, 0.6) is 0 Å². The number of carbonyl (C=O) groups is 3. The molecule has 0 aliphatic carbocycles. The topological polar surface area (TPSA) is 112 Å². The summed E-state index contributed by atoms with van der Waals surface area (Å²) in [5.74, 6) is -1.56. The van der Waals surface area contributed by atoms with Gasteiger partial charge in [0.15, 0.2) is 5.78 Å². The molecular formula is C18H24N2O6S. The zero-order chi connectivity index (χ0) is 20.2. The third-order valence-electron chi connectivity index (χ3n) is 4.74. The molecule has 1 aliphatic rings. The first kappa shape index (κ1) is 21.0. The van der Waals surface area contributed by atoms with Gasteiger partial charge in [0.05, 0.1) is 11.3 Å². The van der Waals surface area contributed by atoms with Gasteiger partial charge in [-0.1, -0.05) is 12.1 Å². The van der Waals surface area contributed by atoms with E-state index in [9.17, 15) is 22.8 Å². The van der Waals surface area contributed by atoms with Gasteiger partial charge in [0.25, 0.3) is 0 Å². The molecule has 1 amide bonds. The van der Waals surface area contributed by atoms with Crippen LogP contribution in [0.25, 0.3) is 0 Å². The van der Waals surface area contributed by atoms with Crippen LogP contribution >= 0.6 is 0 Å². The molecule has 2 rings (SSSR count). The Kier molecular flexibility index (Phi) is 6.72. The molecule has 27 heavy (non-hydrogen) atoms. The number of sulfonamides is 1. The number of benzene rings is 1. The van der Waals surface area contributed by atoms with Crippen molar-refractivity contribution in [3.63, 3.8) is 0 Å². The van der Waals surface area contributed by atoms with Gasteiger partial charge in [-0.3, -0.25) is 14.4 Å². The third kappa shape index (κ3) is 5.14. The predicted molar refractivity (Wildman–Crippen MR) is 97.8 cm³/mol. The number of hydrogen-bond acceptors (Lipinski definition) is 5. The molecule has 1 N–H and O–H groups in total. The zero-order valence-electron chi connectivity index (χ0n) is 15.4. The normalized spacial score (nSPS) is 16.1. The molecule has 1 fully saturated rings. The van der Waals surface area contributed by atoms with Crippen molar-refractivity contribution in [2.75, 3.05) is 26.7 Å². The molecule has 8 nitrogen and oxygen atoms in total. The van der Waals surface area contributed by atoms with Gasteiger partial charge < -0.3 is 10.0 Å². The third-order valence-corrected chi connectivity index (χ3v) is 6.65. The van der Waals surface area contributed by atoms with Crippen LogP contribution in [-0.4, -0.2) is 67.1 Å². The standard InChI is InChI=1S/C18H24N2O6S/c1-13(21)14-3-5-16(6-4-14)27(25,26)20-11-7-15(8-12-20)18(24)19(2)10-9-17(22)23/h3-6,15H,7-12H2,1-2H3,(H,22,23). The van der Waals surface area contributed by atoms with E-state index in [4.69, 9.17) is 5.11 Å². The Morgan fingerprint density at radius 1 is 1.15 bits per heavy atom. The minimum atomic E-state index is -3.68. The molecule has 0 saturated carbocycles. The van der Waals surface area contributed by atoms with Crippen LogP contribution < -0.4 is 0 Å². The molecule has 9 heteroatoms. The molecule has 1 aromatic carbocycles. The van der Waals surface area contributed by atoms with E-state index in [-0.39, 0.29) is 48.6 Å². The number of Topliss-reactive ketones (excluding diaryl/α,β-unsaturated/α-hetero) is 1. The predicted octanol–water partition coefficient (Wildman–Crippen LogP) is 1.22. The second-order valence-electron chi connectivity index (χ2n) is 6.66. The summed E-state index contributed by atoms with van der Waals surface area (Å²) in [6.07, 6.45) is 0.660. The molecule has 1 saturated heterocycles. The van der Waals surface area contributed by atoms with E-state index in [2.05, 4.69) is 0 Å². The maximum atomic E-state index is 12.7. The maximum Gasteiger partial charge on any atom is 0.305 e. The van der Waals surface area contributed by atoms with Crippen LogP contribution in [0.15, 0.2) is 29.2 Å². The monoisotopic (exact) mass is 396 g/mol. The fourth-order valence-electron chi connectivity index (χ4n) is 3.04. The Labute approximate surface area is 158 Å². The van der Waals surface area contributed by atoms with Crippen molar-refractivity contribution in [2.45, 2.75) is 31.1 Å². The van der Waals surface area contributed by atoms with Crippen molar-refractivity contribution >= 4 is 27.7 Å². The van der Waals surface area contributed by atoms with Gasteiger partial charge in [0.1, 0.15) is 0 Å². The van der Waals surface area contributed by atoms with E-state index in [1.807, 2.05) is 0 Å². The summed E-state index contributed by atoms with van der Waals surface area (Å²) in [4.78, 5) is 35.8. The summed E-state index contributed by atoms with van der Waals surface area (Å²) < 4.78 is 26.8.